The lowest BCUT2D eigenvalue weighted by molar-refractivity contribution is -0.117. The fourth-order valence-corrected chi connectivity index (χ4v) is 2.66. The number of benzene rings is 1. The van der Waals surface area contributed by atoms with E-state index in [1.54, 1.807) is 17.0 Å². The van der Waals surface area contributed by atoms with Crippen molar-refractivity contribution in [1.82, 2.24) is 15.1 Å². The maximum absolute atomic E-state index is 12.0. The molecule has 0 radical (unpaired) electrons. The monoisotopic (exact) mass is 283 g/mol. The van der Waals surface area contributed by atoms with Crippen LogP contribution in [0.3, 0.4) is 0 Å². The normalized spacial score (nSPS) is 20.7. The van der Waals surface area contributed by atoms with Crippen LogP contribution in [-0.2, 0) is 18.3 Å². The average Bonchev–Trinajstić information content (AvgIpc) is 3.01. The lowest BCUT2D eigenvalue weighted by atomic mass is 10.1. The molecule has 1 heterocycles. The molecule has 0 spiro atoms. The van der Waals surface area contributed by atoms with E-state index in [0.29, 0.717) is 6.42 Å². The van der Waals surface area contributed by atoms with E-state index in [1.165, 1.54) is 6.08 Å². The third-order valence-corrected chi connectivity index (χ3v) is 3.77. The molecule has 2 N–H and O–H groups in total. The highest BCUT2D eigenvalue weighted by atomic mass is 16.3. The van der Waals surface area contributed by atoms with Gasteiger partial charge in [-0.15, -0.1) is 0 Å². The highest BCUT2D eigenvalue weighted by molar-refractivity contribution is 5.91. The number of hydrogen-bond donors (Lipinski definition) is 2. The van der Waals surface area contributed by atoms with Crippen LogP contribution in [0.5, 0.6) is 0 Å². The first-order chi connectivity index (χ1) is 10.1. The van der Waals surface area contributed by atoms with Gasteiger partial charge >= 0.3 is 0 Å². The van der Waals surface area contributed by atoms with Gasteiger partial charge in [-0.2, -0.15) is 5.10 Å². The molecule has 1 aliphatic carbocycles. The first-order valence-corrected chi connectivity index (χ1v) is 6.87. The van der Waals surface area contributed by atoms with Crippen LogP contribution < -0.4 is 5.32 Å². The van der Waals surface area contributed by atoms with Crippen LogP contribution in [0.4, 0.5) is 0 Å². The lowest BCUT2D eigenvalue weighted by Gasteiger charge is -2.16. The molecule has 0 fully saturated rings. The molecule has 1 aromatic heterocycles. The summed E-state index contributed by atoms with van der Waals surface area (Å²) in [6.07, 6.45) is 4.85. The van der Waals surface area contributed by atoms with Gasteiger partial charge in [0, 0.05) is 25.7 Å². The zero-order valence-electron chi connectivity index (χ0n) is 11.7. The van der Waals surface area contributed by atoms with E-state index in [9.17, 15) is 9.90 Å². The Morgan fingerprint density at radius 2 is 2.24 bits per heavy atom. The number of carbonyl (C=O) groups excluding carboxylic acids is 1. The highest BCUT2D eigenvalue weighted by Crippen LogP contribution is 2.31. The van der Waals surface area contributed by atoms with Gasteiger partial charge in [0.05, 0.1) is 17.8 Å². The van der Waals surface area contributed by atoms with Crippen molar-refractivity contribution in [2.75, 3.05) is 0 Å². The van der Waals surface area contributed by atoms with Gasteiger partial charge in [0.1, 0.15) is 0 Å². The number of fused-ring (bicyclic) bond motifs is 1. The van der Waals surface area contributed by atoms with E-state index >= 15 is 0 Å². The second-order valence-corrected chi connectivity index (χ2v) is 5.17. The largest absolute Gasteiger partial charge is 0.390 e. The summed E-state index contributed by atoms with van der Waals surface area (Å²) in [6, 6.07) is 9.27. The second-order valence-electron chi connectivity index (χ2n) is 5.17. The van der Waals surface area contributed by atoms with Crippen molar-refractivity contribution in [3.8, 4) is 0 Å². The van der Waals surface area contributed by atoms with Crippen molar-refractivity contribution < 1.29 is 9.90 Å². The minimum absolute atomic E-state index is 0.225. The number of rotatable bonds is 3. The molecule has 0 saturated carbocycles. The second kappa shape index (κ2) is 5.54. The third-order valence-electron chi connectivity index (χ3n) is 3.77. The fraction of sp³-hybridized carbons (Fsp3) is 0.250. The Morgan fingerprint density at radius 3 is 3.00 bits per heavy atom. The lowest BCUT2D eigenvalue weighted by Crippen LogP contribution is -2.32. The molecular formula is C16H17N3O2. The van der Waals surface area contributed by atoms with Gasteiger partial charge in [-0.05, 0) is 23.3 Å². The maximum atomic E-state index is 12.0. The standard InChI is InChI=1S/C16H17N3O2/c1-19-12(8-9-17-19)6-7-15(21)18-16-13-5-3-2-4-11(13)10-14(16)20/h2-9,14,16,20H,10H2,1H3,(H,18,21)/b7-6+/t14-,16+/m1/s1. The number of amides is 1. The number of aromatic nitrogens is 2. The van der Waals surface area contributed by atoms with E-state index in [0.717, 1.165) is 16.8 Å². The van der Waals surface area contributed by atoms with E-state index in [4.69, 9.17) is 0 Å². The molecule has 2 atom stereocenters. The summed E-state index contributed by atoms with van der Waals surface area (Å²) < 4.78 is 1.68. The number of aliphatic hydroxyl groups is 1. The molecule has 0 unspecified atom stereocenters. The molecule has 2 aromatic rings. The summed E-state index contributed by atoms with van der Waals surface area (Å²) in [5.74, 6) is -0.225. The molecule has 0 aliphatic heterocycles. The predicted molar refractivity (Wildman–Crippen MR) is 79.3 cm³/mol. The van der Waals surface area contributed by atoms with E-state index in [1.807, 2.05) is 37.4 Å². The molecule has 1 aromatic carbocycles. The fourth-order valence-electron chi connectivity index (χ4n) is 2.66. The number of aliphatic hydroxyl groups excluding tert-OH is 1. The molecule has 5 heteroatoms. The summed E-state index contributed by atoms with van der Waals surface area (Å²) in [5.41, 5.74) is 2.93. The minimum atomic E-state index is -0.573. The first kappa shape index (κ1) is 13.6. The maximum Gasteiger partial charge on any atom is 0.244 e. The van der Waals surface area contributed by atoms with Crippen molar-refractivity contribution in [2.24, 2.45) is 7.05 Å². The van der Waals surface area contributed by atoms with E-state index < -0.39 is 6.10 Å². The van der Waals surface area contributed by atoms with Crippen molar-refractivity contribution in [2.45, 2.75) is 18.6 Å². The molecule has 5 nitrogen and oxygen atoms in total. The topological polar surface area (TPSA) is 67.2 Å². The van der Waals surface area contributed by atoms with Crippen LogP contribution in [0.15, 0.2) is 42.6 Å². The third kappa shape index (κ3) is 2.73. The summed E-state index contributed by atoms with van der Waals surface area (Å²) in [5, 5.41) is 17.0. The Morgan fingerprint density at radius 1 is 1.43 bits per heavy atom. The zero-order valence-corrected chi connectivity index (χ0v) is 11.7. The summed E-state index contributed by atoms with van der Waals surface area (Å²) >= 11 is 0. The predicted octanol–water partition coefficient (Wildman–Crippen LogP) is 1.21. The first-order valence-electron chi connectivity index (χ1n) is 6.87. The van der Waals surface area contributed by atoms with Crippen molar-refractivity contribution >= 4 is 12.0 Å². The molecule has 108 valence electrons. The molecule has 1 aliphatic rings. The number of hydrogen-bond acceptors (Lipinski definition) is 3. The molecular weight excluding hydrogens is 266 g/mol. The highest BCUT2D eigenvalue weighted by Gasteiger charge is 2.31. The van der Waals surface area contributed by atoms with Gasteiger partial charge in [0.25, 0.3) is 0 Å². The number of nitrogens with one attached hydrogen (secondary N) is 1. The Balaban J connectivity index is 1.71. The van der Waals surface area contributed by atoms with Gasteiger partial charge in [-0.1, -0.05) is 24.3 Å². The Kier molecular flexibility index (Phi) is 3.58. The van der Waals surface area contributed by atoms with Gasteiger partial charge in [-0.25, -0.2) is 0 Å². The summed E-state index contributed by atoms with van der Waals surface area (Å²) in [7, 11) is 1.81. The van der Waals surface area contributed by atoms with Gasteiger partial charge in [-0.3, -0.25) is 9.48 Å². The Hall–Kier alpha value is -2.40. The van der Waals surface area contributed by atoms with Crippen LogP contribution in [0.25, 0.3) is 6.08 Å². The number of carbonyl (C=O) groups is 1. The SMILES string of the molecule is Cn1nccc1/C=C/C(=O)N[C@H]1c2ccccc2C[C@H]1O. The Labute approximate surface area is 122 Å². The van der Waals surface area contributed by atoms with Gasteiger partial charge in [0.15, 0.2) is 0 Å². The van der Waals surface area contributed by atoms with Crippen LogP contribution >= 0.6 is 0 Å². The van der Waals surface area contributed by atoms with Crippen molar-refractivity contribution in [3.63, 3.8) is 0 Å². The van der Waals surface area contributed by atoms with Gasteiger partial charge in [0.2, 0.25) is 5.91 Å². The van der Waals surface area contributed by atoms with Crippen molar-refractivity contribution in [1.29, 1.82) is 0 Å². The summed E-state index contributed by atoms with van der Waals surface area (Å²) in [6.45, 7) is 0. The Bertz CT molecular complexity index is 690. The molecule has 3 rings (SSSR count). The number of nitrogens with zero attached hydrogens (tertiary/aromatic N) is 2. The molecule has 21 heavy (non-hydrogen) atoms. The quantitative estimate of drug-likeness (QED) is 0.832. The zero-order chi connectivity index (χ0) is 14.8. The average molecular weight is 283 g/mol. The van der Waals surface area contributed by atoms with Crippen LogP contribution in [0.2, 0.25) is 0 Å². The smallest absolute Gasteiger partial charge is 0.244 e. The molecule has 0 bridgehead atoms. The van der Waals surface area contributed by atoms with E-state index in [-0.39, 0.29) is 11.9 Å². The number of aryl methyl sites for hydroxylation is 1. The van der Waals surface area contributed by atoms with Crippen LogP contribution in [0.1, 0.15) is 22.9 Å². The van der Waals surface area contributed by atoms with Crippen LogP contribution in [-0.4, -0.2) is 26.9 Å². The summed E-state index contributed by atoms with van der Waals surface area (Å²) in [4.78, 5) is 12.0. The molecule has 0 saturated heterocycles. The van der Waals surface area contributed by atoms with E-state index in [2.05, 4.69) is 10.4 Å². The van der Waals surface area contributed by atoms with Crippen molar-refractivity contribution in [3.05, 3.63) is 59.4 Å². The molecule has 1 amide bonds. The minimum Gasteiger partial charge on any atom is -0.390 e. The van der Waals surface area contributed by atoms with Gasteiger partial charge < -0.3 is 10.4 Å². The van der Waals surface area contributed by atoms with Crippen LogP contribution in [0, 0.1) is 0 Å².